The molecule has 2 rings (SSSR count). The van der Waals surface area contributed by atoms with Crippen LogP contribution < -0.4 is 5.32 Å². The average molecular weight is 258 g/mol. The van der Waals surface area contributed by atoms with Crippen molar-refractivity contribution in [1.82, 2.24) is 5.32 Å². The average Bonchev–Trinajstić information content (AvgIpc) is 2.28. The summed E-state index contributed by atoms with van der Waals surface area (Å²) in [7, 11) is 0. The maximum atomic E-state index is 13.5. The van der Waals surface area contributed by atoms with Crippen molar-refractivity contribution in [1.29, 1.82) is 0 Å². The van der Waals surface area contributed by atoms with Gasteiger partial charge in [-0.25, -0.2) is 4.39 Å². The van der Waals surface area contributed by atoms with Gasteiger partial charge in [-0.05, 0) is 31.9 Å². The third-order valence-corrected chi connectivity index (χ3v) is 3.47. The van der Waals surface area contributed by atoms with E-state index in [-0.39, 0.29) is 11.9 Å². The first-order valence-corrected chi connectivity index (χ1v) is 6.32. The lowest BCUT2D eigenvalue weighted by Crippen LogP contribution is -2.37. The predicted molar refractivity (Wildman–Crippen MR) is 66.7 cm³/mol. The summed E-state index contributed by atoms with van der Waals surface area (Å²) in [4.78, 5) is 0. The van der Waals surface area contributed by atoms with Gasteiger partial charge in [-0.1, -0.05) is 17.7 Å². The van der Waals surface area contributed by atoms with E-state index in [1.807, 2.05) is 0 Å². The molecular formula is C13H17ClFNO. The van der Waals surface area contributed by atoms with Crippen LogP contribution in [0.4, 0.5) is 4.39 Å². The fraction of sp³-hybridized carbons (Fsp3) is 0.538. The van der Waals surface area contributed by atoms with Crippen LogP contribution in [0.5, 0.6) is 0 Å². The van der Waals surface area contributed by atoms with Gasteiger partial charge in [0, 0.05) is 29.8 Å². The molecule has 0 amide bonds. The highest BCUT2D eigenvalue weighted by Crippen LogP contribution is 2.20. The molecule has 1 saturated heterocycles. The van der Waals surface area contributed by atoms with E-state index < -0.39 is 0 Å². The maximum Gasteiger partial charge on any atom is 0.129 e. The highest BCUT2D eigenvalue weighted by molar-refractivity contribution is 6.31. The largest absolute Gasteiger partial charge is 0.378 e. The fourth-order valence-electron chi connectivity index (χ4n) is 2.13. The zero-order valence-corrected chi connectivity index (χ0v) is 10.6. The smallest absolute Gasteiger partial charge is 0.129 e. The molecule has 0 aliphatic carbocycles. The van der Waals surface area contributed by atoms with E-state index in [0.717, 1.165) is 19.4 Å². The van der Waals surface area contributed by atoms with Crippen molar-refractivity contribution >= 4 is 11.6 Å². The number of halogens is 2. The number of nitrogens with one attached hydrogen (secondary N) is 1. The SMILES string of the molecule is CC1CC(NCc2c(F)cccc2Cl)CCO1. The molecule has 94 valence electrons. The maximum absolute atomic E-state index is 13.5. The number of rotatable bonds is 3. The predicted octanol–water partition coefficient (Wildman–Crippen LogP) is 3.14. The Hall–Kier alpha value is -0.640. The Morgan fingerprint density at radius 3 is 3.06 bits per heavy atom. The molecule has 0 aromatic heterocycles. The zero-order chi connectivity index (χ0) is 12.3. The molecule has 1 fully saturated rings. The Morgan fingerprint density at radius 1 is 1.53 bits per heavy atom. The van der Waals surface area contributed by atoms with E-state index >= 15 is 0 Å². The van der Waals surface area contributed by atoms with Crippen LogP contribution in [0, 0.1) is 5.82 Å². The van der Waals surface area contributed by atoms with E-state index in [1.165, 1.54) is 6.07 Å². The first-order valence-electron chi connectivity index (χ1n) is 5.94. The van der Waals surface area contributed by atoms with E-state index in [4.69, 9.17) is 16.3 Å². The van der Waals surface area contributed by atoms with Gasteiger partial charge >= 0.3 is 0 Å². The number of hydrogen-bond acceptors (Lipinski definition) is 2. The lowest BCUT2D eigenvalue weighted by Gasteiger charge is -2.28. The van der Waals surface area contributed by atoms with Crippen LogP contribution in [0.2, 0.25) is 5.02 Å². The van der Waals surface area contributed by atoms with Gasteiger partial charge in [0.15, 0.2) is 0 Å². The van der Waals surface area contributed by atoms with Gasteiger partial charge < -0.3 is 10.1 Å². The van der Waals surface area contributed by atoms with E-state index in [0.29, 0.717) is 23.2 Å². The Bertz CT molecular complexity index is 365. The third-order valence-electron chi connectivity index (χ3n) is 3.11. The van der Waals surface area contributed by atoms with Crippen LogP contribution in [0.25, 0.3) is 0 Å². The summed E-state index contributed by atoms with van der Waals surface area (Å²) in [6.07, 6.45) is 2.21. The van der Waals surface area contributed by atoms with E-state index in [1.54, 1.807) is 12.1 Å². The fourth-order valence-corrected chi connectivity index (χ4v) is 2.36. The molecule has 4 heteroatoms. The van der Waals surface area contributed by atoms with Crippen LogP contribution >= 0.6 is 11.6 Å². The van der Waals surface area contributed by atoms with Gasteiger partial charge in [0.1, 0.15) is 5.82 Å². The lowest BCUT2D eigenvalue weighted by atomic mass is 10.0. The highest BCUT2D eigenvalue weighted by Gasteiger charge is 2.19. The summed E-state index contributed by atoms with van der Waals surface area (Å²) in [5.74, 6) is -0.245. The van der Waals surface area contributed by atoms with E-state index in [2.05, 4.69) is 12.2 Å². The molecule has 2 unspecified atom stereocenters. The second kappa shape index (κ2) is 5.80. The van der Waals surface area contributed by atoms with Crippen LogP contribution in [-0.4, -0.2) is 18.8 Å². The molecule has 1 aliphatic heterocycles. The van der Waals surface area contributed by atoms with Crippen molar-refractivity contribution < 1.29 is 9.13 Å². The Morgan fingerprint density at radius 2 is 2.35 bits per heavy atom. The van der Waals surface area contributed by atoms with Crippen LogP contribution in [-0.2, 0) is 11.3 Å². The Labute approximate surface area is 106 Å². The molecule has 17 heavy (non-hydrogen) atoms. The summed E-state index contributed by atoms with van der Waals surface area (Å²) >= 11 is 5.97. The topological polar surface area (TPSA) is 21.3 Å². The Balaban J connectivity index is 1.93. The molecule has 2 nitrogen and oxygen atoms in total. The van der Waals surface area contributed by atoms with Crippen molar-refractivity contribution in [3.8, 4) is 0 Å². The van der Waals surface area contributed by atoms with Crippen LogP contribution in [0.1, 0.15) is 25.3 Å². The minimum atomic E-state index is -0.245. The molecule has 1 heterocycles. The van der Waals surface area contributed by atoms with Crippen molar-refractivity contribution in [2.24, 2.45) is 0 Å². The van der Waals surface area contributed by atoms with Gasteiger partial charge in [-0.2, -0.15) is 0 Å². The van der Waals surface area contributed by atoms with Crippen LogP contribution in [0.15, 0.2) is 18.2 Å². The van der Waals surface area contributed by atoms with Crippen molar-refractivity contribution in [2.45, 2.75) is 38.5 Å². The first-order chi connectivity index (χ1) is 8.16. The molecule has 0 saturated carbocycles. The van der Waals surface area contributed by atoms with E-state index in [9.17, 15) is 4.39 Å². The summed E-state index contributed by atoms with van der Waals surface area (Å²) in [6.45, 7) is 3.30. The summed E-state index contributed by atoms with van der Waals surface area (Å²) < 4.78 is 19.0. The van der Waals surface area contributed by atoms with Gasteiger partial charge in [0.05, 0.1) is 6.10 Å². The number of benzene rings is 1. The first kappa shape index (κ1) is 12.8. The second-order valence-electron chi connectivity index (χ2n) is 4.48. The molecule has 0 bridgehead atoms. The van der Waals surface area contributed by atoms with Crippen molar-refractivity contribution in [3.63, 3.8) is 0 Å². The molecule has 2 atom stereocenters. The summed E-state index contributed by atoms with van der Waals surface area (Å²) in [5, 5.41) is 3.83. The third kappa shape index (κ3) is 3.41. The molecule has 1 aromatic rings. The Kier molecular flexibility index (Phi) is 4.37. The zero-order valence-electron chi connectivity index (χ0n) is 9.88. The van der Waals surface area contributed by atoms with Gasteiger partial charge in [-0.15, -0.1) is 0 Å². The van der Waals surface area contributed by atoms with Gasteiger partial charge in [0.2, 0.25) is 0 Å². The normalized spacial score (nSPS) is 24.9. The summed E-state index contributed by atoms with van der Waals surface area (Å²) in [6, 6.07) is 5.16. The van der Waals surface area contributed by atoms with Gasteiger partial charge in [-0.3, -0.25) is 0 Å². The monoisotopic (exact) mass is 257 g/mol. The minimum Gasteiger partial charge on any atom is -0.378 e. The molecule has 0 spiro atoms. The van der Waals surface area contributed by atoms with Crippen molar-refractivity contribution in [3.05, 3.63) is 34.6 Å². The number of ether oxygens (including phenoxy) is 1. The standard InChI is InChI=1S/C13H17ClFNO/c1-9-7-10(5-6-17-9)16-8-11-12(14)3-2-4-13(11)15/h2-4,9-10,16H,5-8H2,1H3. The minimum absolute atomic E-state index is 0.245. The van der Waals surface area contributed by atoms with Crippen molar-refractivity contribution in [2.75, 3.05) is 6.61 Å². The highest BCUT2D eigenvalue weighted by atomic mass is 35.5. The lowest BCUT2D eigenvalue weighted by molar-refractivity contribution is 0.0130. The molecule has 1 N–H and O–H groups in total. The summed E-state index contributed by atoms with van der Waals surface area (Å²) in [5.41, 5.74) is 0.549. The number of hydrogen-bond donors (Lipinski definition) is 1. The quantitative estimate of drug-likeness (QED) is 0.898. The van der Waals surface area contributed by atoms with Crippen LogP contribution in [0.3, 0.4) is 0 Å². The molecular weight excluding hydrogens is 241 g/mol. The molecule has 1 aromatic carbocycles. The molecule has 0 radical (unpaired) electrons. The molecule has 1 aliphatic rings. The second-order valence-corrected chi connectivity index (χ2v) is 4.89. The van der Waals surface area contributed by atoms with Gasteiger partial charge in [0.25, 0.3) is 0 Å².